The molecule has 2 saturated carbocycles. The van der Waals surface area contributed by atoms with Crippen LogP contribution in [0.15, 0.2) is 35.3 Å². The molecule has 1 aromatic carbocycles. The van der Waals surface area contributed by atoms with Crippen LogP contribution in [0.2, 0.25) is 0 Å². The third-order valence-corrected chi connectivity index (χ3v) is 5.01. The molecule has 2 aliphatic carbocycles. The fourth-order valence-electron chi connectivity index (χ4n) is 3.18. The zero-order valence-corrected chi connectivity index (χ0v) is 13.2. The van der Waals surface area contributed by atoms with Crippen molar-refractivity contribution in [1.29, 1.82) is 0 Å². The van der Waals surface area contributed by atoms with Crippen LogP contribution in [0.1, 0.15) is 45.1 Å². The lowest BCUT2D eigenvalue weighted by atomic mass is 9.64. The minimum atomic E-state index is 0.277. The molecule has 2 unspecified atom stereocenters. The van der Waals surface area contributed by atoms with Crippen LogP contribution in [0.4, 0.5) is 0 Å². The molecule has 0 aromatic heterocycles. The van der Waals surface area contributed by atoms with Gasteiger partial charge in [-0.15, -0.1) is 0 Å². The fraction of sp³-hybridized carbons (Fsp3) is 0.611. The lowest BCUT2D eigenvalue weighted by molar-refractivity contribution is 0.253. The van der Waals surface area contributed by atoms with Crippen LogP contribution in [0, 0.1) is 5.92 Å². The van der Waals surface area contributed by atoms with Gasteiger partial charge in [-0.3, -0.25) is 4.99 Å². The molecular formula is C18H27N3. The molecule has 2 aliphatic rings. The molecule has 3 rings (SSSR count). The van der Waals surface area contributed by atoms with Gasteiger partial charge in [0.1, 0.15) is 0 Å². The summed E-state index contributed by atoms with van der Waals surface area (Å²) in [7, 11) is 0. The van der Waals surface area contributed by atoms with Crippen LogP contribution in [0.5, 0.6) is 0 Å². The van der Waals surface area contributed by atoms with Crippen LogP contribution in [-0.2, 0) is 5.41 Å². The zero-order chi connectivity index (χ0) is 14.7. The summed E-state index contributed by atoms with van der Waals surface area (Å²) < 4.78 is 0. The Hall–Kier alpha value is -1.51. The van der Waals surface area contributed by atoms with E-state index >= 15 is 0 Å². The van der Waals surface area contributed by atoms with Crippen molar-refractivity contribution in [3.05, 3.63) is 35.9 Å². The van der Waals surface area contributed by atoms with Gasteiger partial charge in [-0.2, -0.15) is 0 Å². The second-order valence-corrected chi connectivity index (χ2v) is 6.66. The van der Waals surface area contributed by atoms with Crippen molar-refractivity contribution in [3.8, 4) is 0 Å². The average molecular weight is 285 g/mol. The Balaban J connectivity index is 1.68. The van der Waals surface area contributed by atoms with Crippen molar-refractivity contribution < 1.29 is 0 Å². The fourth-order valence-corrected chi connectivity index (χ4v) is 3.18. The zero-order valence-electron chi connectivity index (χ0n) is 13.2. The maximum atomic E-state index is 4.89. The summed E-state index contributed by atoms with van der Waals surface area (Å²) in [5, 5.41) is 6.94. The largest absolute Gasteiger partial charge is 0.357 e. The van der Waals surface area contributed by atoms with Gasteiger partial charge in [0.15, 0.2) is 5.96 Å². The second-order valence-electron chi connectivity index (χ2n) is 6.66. The van der Waals surface area contributed by atoms with Gasteiger partial charge >= 0.3 is 0 Å². The first-order chi connectivity index (χ1) is 10.2. The highest BCUT2D eigenvalue weighted by Crippen LogP contribution is 2.43. The molecule has 0 aliphatic heterocycles. The van der Waals surface area contributed by atoms with Crippen molar-refractivity contribution in [2.75, 3.05) is 13.1 Å². The number of aliphatic imine (C=N–C) groups is 1. The van der Waals surface area contributed by atoms with E-state index in [1.54, 1.807) is 0 Å². The van der Waals surface area contributed by atoms with Crippen LogP contribution in [-0.4, -0.2) is 25.1 Å². The van der Waals surface area contributed by atoms with Gasteiger partial charge in [0.25, 0.3) is 0 Å². The third-order valence-electron chi connectivity index (χ3n) is 5.01. The van der Waals surface area contributed by atoms with Crippen LogP contribution >= 0.6 is 0 Å². The van der Waals surface area contributed by atoms with E-state index in [0.717, 1.165) is 25.0 Å². The summed E-state index contributed by atoms with van der Waals surface area (Å²) >= 11 is 0. The van der Waals surface area contributed by atoms with Gasteiger partial charge in [-0.25, -0.2) is 0 Å². The van der Waals surface area contributed by atoms with Crippen LogP contribution in [0.25, 0.3) is 0 Å². The maximum absolute atomic E-state index is 4.89. The van der Waals surface area contributed by atoms with Gasteiger partial charge in [0.2, 0.25) is 0 Å². The Morgan fingerprint density at radius 3 is 2.52 bits per heavy atom. The molecule has 2 atom stereocenters. The normalized spacial score (nSPS) is 26.9. The van der Waals surface area contributed by atoms with E-state index in [0.29, 0.717) is 6.04 Å². The lowest BCUT2D eigenvalue weighted by Gasteiger charge is -2.41. The molecule has 2 N–H and O–H groups in total. The molecule has 3 heteroatoms. The van der Waals surface area contributed by atoms with Gasteiger partial charge in [-0.05, 0) is 37.7 Å². The minimum absolute atomic E-state index is 0.277. The molecular weight excluding hydrogens is 258 g/mol. The molecule has 0 bridgehead atoms. The SMILES string of the molecule is CCNC(=NCC1(c2ccccc2)CCC1)NC1CC1C. The van der Waals surface area contributed by atoms with Gasteiger partial charge in [0, 0.05) is 18.0 Å². The van der Waals surface area contributed by atoms with Gasteiger partial charge < -0.3 is 10.6 Å². The number of hydrogen-bond donors (Lipinski definition) is 2. The summed E-state index contributed by atoms with van der Waals surface area (Å²) in [6.07, 6.45) is 5.13. The molecule has 0 amide bonds. The van der Waals surface area contributed by atoms with E-state index < -0.39 is 0 Å². The number of guanidine groups is 1. The van der Waals surface area contributed by atoms with Crippen LogP contribution in [0.3, 0.4) is 0 Å². The van der Waals surface area contributed by atoms with Crippen molar-refractivity contribution in [2.45, 2.75) is 51.0 Å². The molecule has 0 saturated heterocycles. The summed E-state index contributed by atoms with van der Waals surface area (Å²) in [6.45, 7) is 6.24. The van der Waals surface area contributed by atoms with E-state index in [1.165, 1.54) is 31.2 Å². The average Bonchev–Trinajstić information content (AvgIpc) is 3.14. The highest BCUT2D eigenvalue weighted by Gasteiger charge is 2.39. The Bertz CT molecular complexity index is 490. The Morgan fingerprint density at radius 1 is 1.29 bits per heavy atom. The van der Waals surface area contributed by atoms with E-state index in [1.807, 2.05) is 0 Å². The molecule has 1 aromatic rings. The molecule has 2 fully saturated rings. The van der Waals surface area contributed by atoms with E-state index in [9.17, 15) is 0 Å². The summed E-state index contributed by atoms with van der Waals surface area (Å²) in [4.78, 5) is 4.89. The molecule has 114 valence electrons. The first-order valence-corrected chi connectivity index (χ1v) is 8.34. The summed E-state index contributed by atoms with van der Waals surface area (Å²) in [5.41, 5.74) is 1.73. The molecule has 0 radical (unpaired) electrons. The van der Waals surface area contributed by atoms with Crippen molar-refractivity contribution in [1.82, 2.24) is 10.6 Å². The maximum Gasteiger partial charge on any atom is 0.191 e. The Labute approximate surface area is 128 Å². The topological polar surface area (TPSA) is 36.4 Å². The Morgan fingerprint density at radius 2 is 2.00 bits per heavy atom. The third kappa shape index (κ3) is 3.22. The highest BCUT2D eigenvalue weighted by atomic mass is 15.2. The van der Waals surface area contributed by atoms with Crippen molar-refractivity contribution in [2.24, 2.45) is 10.9 Å². The predicted octanol–water partition coefficient (Wildman–Crippen LogP) is 3.07. The van der Waals surface area contributed by atoms with Gasteiger partial charge in [-0.1, -0.05) is 43.7 Å². The number of rotatable bonds is 5. The number of nitrogens with one attached hydrogen (secondary N) is 2. The smallest absolute Gasteiger partial charge is 0.191 e. The summed E-state index contributed by atoms with van der Waals surface area (Å²) in [5.74, 6) is 1.79. The molecule has 21 heavy (non-hydrogen) atoms. The quantitative estimate of drug-likeness (QED) is 0.644. The predicted molar refractivity (Wildman–Crippen MR) is 88.7 cm³/mol. The number of hydrogen-bond acceptors (Lipinski definition) is 1. The van der Waals surface area contributed by atoms with Gasteiger partial charge in [0.05, 0.1) is 6.54 Å². The molecule has 0 heterocycles. The monoisotopic (exact) mass is 285 g/mol. The second kappa shape index (κ2) is 6.08. The molecule has 3 nitrogen and oxygen atoms in total. The molecule has 0 spiro atoms. The highest BCUT2D eigenvalue weighted by molar-refractivity contribution is 5.80. The number of nitrogens with zero attached hydrogens (tertiary/aromatic N) is 1. The first kappa shape index (κ1) is 14.4. The first-order valence-electron chi connectivity index (χ1n) is 8.34. The standard InChI is InChI=1S/C18H27N3/c1-3-19-17(21-16-12-14(16)2)20-13-18(10-7-11-18)15-8-5-4-6-9-15/h4-6,8-9,14,16H,3,7,10-13H2,1-2H3,(H2,19,20,21). The van der Waals surface area contributed by atoms with E-state index in [2.05, 4.69) is 54.8 Å². The van der Waals surface area contributed by atoms with E-state index in [-0.39, 0.29) is 5.41 Å². The Kier molecular flexibility index (Phi) is 4.18. The lowest BCUT2D eigenvalue weighted by Crippen LogP contribution is -2.42. The van der Waals surface area contributed by atoms with Crippen molar-refractivity contribution >= 4 is 5.96 Å². The van der Waals surface area contributed by atoms with Crippen LogP contribution < -0.4 is 10.6 Å². The van der Waals surface area contributed by atoms with Crippen molar-refractivity contribution in [3.63, 3.8) is 0 Å². The number of benzene rings is 1. The minimum Gasteiger partial charge on any atom is -0.357 e. The summed E-state index contributed by atoms with van der Waals surface area (Å²) in [6, 6.07) is 11.5. The van der Waals surface area contributed by atoms with E-state index in [4.69, 9.17) is 4.99 Å².